The first-order chi connectivity index (χ1) is 18.4. The molecule has 1 unspecified atom stereocenters. The number of rotatable bonds is 7. The molecule has 0 bridgehead atoms. The highest BCUT2D eigenvalue weighted by Crippen LogP contribution is 2.48. The van der Waals surface area contributed by atoms with E-state index in [0.717, 1.165) is 5.70 Å². The van der Waals surface area contributed by atoms with Crippen LogP contribution in [0.3, 0.4) is 0 Å². The molecular formula is C28H34ClN2O7S+. The number of halogens is 1. The molecule has 9 nitrogen and oxygen atoms in total. The zero-order chi connectivity index (χ0) is 28.8. The SMILES string of the molecule is COC(=O)C1=C(COCC[NH3+])NC2=C(C(=O)CC(C)(C)C2)C1c1ccccc1Cl.O=S(=O)(O)c1ccccc1. The smallest absolute Gasteiger partial charge is 0.336 e. The Bertz CT molecular complexity index is 1390. The van der Waals surface area contributed by atoms with Gasteiger partial charge >= 0.3 is 5.97 Å². The first kappa shape index (κ1) is 30.5. The maximum absolute atomic E-state index is 13.2. The lowest BCUT2D eigenvalue weighted by molar-refractivity contribution is -0.373. The second-order valence-electron chi connectivity index (χ2n) is 9.99. The molecule has 39 heavy (non-hydrogen) atoms. The number of methoxy groups -OCH3 is 1. The monoisotopic (exact) mass is 577 g/mol. The van der Waals surface area contributed by atoms with Gasteiger partial charge in [0.25, 0.3) is 10.1 Å². The first-order valence-electron chi connectivity index (χ1n) is 12.4. The molecule has 5 N–H and O–H groups in total. The van der Waals surface area contributed by atoms with Crippen LogP contribution in [0.25, 0.3) is 0 Å². The minimum Gasteiger partial charge on any atom is -0.466 e. The van der Waals surface area contributed by atoms with Gasteiger partial charge in [0.1, 0.15) is 0 Å². The average molecular weight is 578 g/mol. The molecule has 0 aromatic heterocycles. The molecule has 0 spiro atoms. The van der Waals surface area contributed by atoms with E-state index in [4.69, 9.17) is 25.6 Å². The van der Waals surface area contributed by atoms with Crippen LogP contribution in [0.5, 0.6) is 0 Å². The summed E-state index contributed by atoms with van der Waals surface area (Å²) in [5, 5.41) is 3.84. The summed E-state index contributed by atoms with van der Waals surface area (Å²) in [5.41, 5.74) is 6.74. The summed E-state index contributed by atoms with van der Waals surface area (Å²) in [6, 6.07) is 14.7. The fraction of sp³-hybridized carbons (Fsp3) is 0.357. The summed E-state index contributed by atoms with van der Waals surface area (Å²) in [4.78, 5) is 26.0. The Hall–Kier alpha value is -3.02. The van der Waals surface area contributed by atoms with Crippen molar-refractivity contribution in [2.45, 2.75) is 37.5 Å². The maximum Gasteiger partial charge on any atom is 0.336 e. The molecule has 2 aromatic rings. The zero-order valence-corrected chi connectivity index (χ0v) is 23.8. The van der Waals surface area contributed by atoms with Crippen molar-refractivity contribution < 1.29 is 37.8 Å². The number of quaternary nitrogens is 1. The van der Waals surface area contributed by atoms with Gasteiger partial charge in [-0.15, -0.1) is 0 Å². The van der Waals surface area contributed by atoms with Crippen molar-refractivity contribution in [2.24, 2.45) is 5.41 Å². The van der Waals surface area contributed by atoms with E-state index in [9.17, 15) is 18.0 Å². The van der Waals surface area contributed by atoms with Crippen LogP contribution in [0.4, 0.5) is 0 Å². The van der Waals surface area contributed by atoms with E-state index in [1.54, 1.807) is 24.3 Å². The van der Waals surface area contributed by atoms with Crippen LogP contribution in [0, 0.1) is 5.41 Å². The van der Waals surface area contributed by atoms with Gasteiger partial charge in [-0.3, -0.25) is 9.35 Å². The Morgan fingerprint density at radius 3 is 2.33 bits per heavy atom. The summed E-state index contributed by atoms with van der Waals surface area (Å²) >= 11 is 6.51. The van der Waals surface area contributed by atoms with Gasteiger partial charge in [-0.1, -0.05) is 61.8 Å². The largest absolute Gasteiger partial charge is 0.466 e. The van der Waals surface area contributed by atoms with E-state index in [2.05, 4.69) is 24.9 Å². The molecule has 1 atom stereocenters. The van der Waals surface area contributed by atoms with Gasteiger partial charge in [0, 0.05) is 28.6 Å². The summed E-state index contributed by atoms with van der Waals surface area (Å²) < 4.78 is 40.0. The van der Waals surface area contributed by atoms with Crippen molar-refractivity contribution in [3.8, 4) is 0 Å². The highest BCUT2D eigenvalue weighted by atomic mass is 35.5. The lowest BCUT2D eigenvalue weighted by Crippen LogP contribution is -2.52. The summed E-state index contributed by atoms with van der Waals surface area (Å²) in [6.45, 7) is 5.42. The van der Waals surface area contributed by atoms with E-state index in [-0.39, 0.29) is 22.7 Å². The number of ether oxygens (including phenoxy) is 2. The van der Waals surface area contributed by atoms with Crippen molar-refractivity contribution in [3.63, 3.8) is 0 Å². The predicted molar refractivity (Wildman–Crippen MR) is 146 cm³/mol. The van der Waals surface area contributed by atoms with E-state index in [0.29, 0.717) is 53.4 Å². The summed E-state index contributed by atoms with van der Waals surface area (Å²) in [6.07, 6.45) is 1.11. The van der Waals surface area contributed by atoms with Crippen molar-refractivity contribution in [1.29, 1.82) is 0 Å². The number of benzene rings is 2. The maximum atomic E-state index is 13.2. The molecule has 4 rings (SSSR count). The molecule has 0 fully saturated rings. The van der Waals surface area contributed by atoms with Crippen LogP contribution < -0.4 is 11.1 Å². The second-order valence-corrected chi connectivity index (χ2v) is 11.8. The van der Waals surface area contributed by atoms with Crippen molar-refractivity contribution in [1.82, 2.24) is 5.32 Å². The fourth-order valence-corrected chi connectivity index (χ4v) is 5.45. The third-order valence-corrected chi connectivity index (χ3v) is 7.53. The van der Waals surface area contributed by atoms with Crippen LogP contribution in [-0.4, -0.2) is 51.6 Å². The van der Waals surface area contributed by atoms with Crippen molar-refractivity contribution in [2.75, 3.05) is 26.9 Å². The molecule has 11 heteroatoms. The molecule has 1 heterocycles. The lowest BCUT2D eigenvalue weighted by atomic mass is 9.68. The number of dihydropyridines is 1. The topological polar surface area (TPSA) is 147 Å². The Morgan fingerprint density at radius 2 is 1.77 bits per heavy atom. The molecule has 2 aromatic carbocycles. The Balaban J connectivity index is 0.000000353. The number of carbonyl (C=O) groups is 2. The van der Waals surface area contributed by atoms with Crippen molar-refractivity contribution in [3.05, 3.63) is 87.7 Å². The molecule has 1 aliphatic carbocycles. The predicted octanol–water partition coefficient (Wildman–Crippen LogP) is 3.29. The third kappa shape index (κ3) is 7.55. The van der Waals surface area contributed by atoms with Crippen molar-refractivity contribution >= 4 is 33.5 Å². The molecule has 1 aliphatic heterocycles. The highest BCUT2D eigenvalue weighted by molar-refractivity contribution is 7.85. The van der Waals surface area contributed by atoms with Gasteiger partial charge in [0.2, 0.25) is 0 Å². The van der Waals surface area contributed by atoms with E-state index in [1.165, 1.54) is 19.2 Å². The minimum absolute atomic E-state index is 0.0211. The van der Waals surface area contributed by atoms with Gasteiger partial charge in [0.15, 0.2) is 5.78 Å². The third-order valence-electron chi connectivity index (χ3n) is 6.32. The summed E-state index contributed by atoms with van der Waals surface area (Å²) in [7, 11) is -2.67. The molecule has 2 aliphatic rings. The minimum atomic E-state index is -4.00. The van der Waals surface area contributed by atoms with E-state index >= 15 is 0 Å². The van der Waals surface area contributed by atoms with Crippen LogP contribution in [0.15, 0.2) is 82.0 Å². The molecule has 0 amide bonds. The van der Waals surface area contributed by atoms with Crippen LogP contribution in [0.1, 0.15) is 38.2 Å². The number of nitrogens with one attached hydrogen (secondary N) is 1. The summed E-state index contributed by atoms with van der Waals surface area (Å²) in [5.74, 6) is -1.07. The number of esters is 1. The van der Waals surface area contributed by atoms with Crippen LogP contribution in [0.2, 0.25) is 5.02 Å². The quantitative estimate of drug-likeness (QED) is 0.258. The molecule has 0 radical (unpaired) electrons. The normalized spacial score (nSPS) is 18.5. The Morgan fingerprint density at radius 1 is 1.13 bits per heavy atom. The number of ketones is 1. The lowest BCUT2D eigenvalue weighted by Gasteiger charge is -2.40. The zero-order valence-electron chi connectivity index (χ0n) is 22.2. The van der Waals surface area contributed by atoms with Crippen LogP contribution >= 0.6 is 11.6 Å². The first-order valence-corrected chi connectivity index (χ1v) is 14.2. The number of Topliss-reactive ketones (excluding diaryl/α,β-unsaturated/α-hetero) is 1. The Kier molecular flexibility index (Phi) is 10.1. The van der Waals surface area contributed by atoms with Crippen LogP contribution in [-0.2, 0) is 29.2 Å². The average Bonchev–Trinajstić information content (AvgIpc) is 2.87. The van der Waals surface area contributed by atoms with Gasteiger partial charge in [-0.2, -0.15) is 8.42 Å². The molecule has 0 saturated carbocycles. The molecule has 210 valence electrons. The molecule has 0 saturated heterocycles. The highest BCUT2D eigenvalue weighted by Gasteiger charge is 2.44. The van der Waals surface area contributed by atoms with E-state index < -0.39 is 22.0 Å². The van der Waals surface area contributed by atoms with E-state index in [1.807, 2.05) is 18.2 Å². The Labute approximate surface area is 233 Å². The van der Waals surface area contributed by atoms with Gasteiger partial charge in [0.05, 0.1) is 43.0 Å². The van der Waals surface area contributed by atoms with Gasteiger partial charge < -0.3 is 20.5 Å². The number of carbonyl (C=O) groups excluding carboxylic acids is 2. The van der Waals surface area contributed by atoms with Gasteiger partial charge in [-0.05, 0) is 35.6 Å². The second kappa shape index (κ2) is 12.9. The van der Waals surface area contributed by atoms with Gasteiger partial charge in [-0.25, -0.2) is 4.79 Å². The number of hydrogen-bond acceptors (Lipinski definition) is 7. The number of hydrogen-bond donors (Lipinski definition) is 3. The fourth-order valence-electron chi connectivity index (χ4n) is 4.70. The number of allylic oxidation sites excluding steroid dienone is 2. The molecular weight excluding hydrogens is 544 g/mol. The standard InChI is InChI=1S/C22H27ClN2O4.C6H6O3S/c1-22(2)10-15-19(17(26)11-22)18(13-6-4-5-7-14(13)23)20(21(27)28-3)16(25-15)12-29-9-8-24;7-10(8,9)6-4-2-1-3-5-6/h4-7,18,25H,8-12,24H2,1-3H3;1-5H,(H,7,8,9)/p+1.